The molecule has 0 spiro atoms. The molecule has 1 aliphatic rings. The molecule has 7 heteroatoms. The smallest absolute Gasteiger partial charge is 0.137 e. The SMILES string of the molecule is Cc1nc(Cl)c(C)c(N2CCc3ncc(-c4ccc(N(C)C)nc4)cc3C2)n1. The molecule has 6 nitrogen and oxygen atoms in total. The maximum absolute atomic E-state index is 6.28. The molecule has 0 saturated carbocycles. The first-order valence-electron chi connectivity index (χ1n) is 9.29. The molecule has 144 valence electrons. The van der Waals surface area contributed by atoms with Crippen LogP contribution in [-0.4, -0.2) is 40.6 Å². The summed E-state index contributed by atoms with van der Waals surface area (Å²) in [5.74, 6) is 2.54. The molecule has 0 N–H and O–H groups in total. The molecule has 0 aliphatic carbocycles. The second-order valence-electron chi connectivity index (χ2n) is 7.31. The average molecular weight is 395 g/mol. The predicted molar refractivity (Wildman–Crippen MR) is 113 cm³/mol. The van der Waals surface area contributed by atoms with Gasteiger partial charge in [0.25, 0.3) is 0 Å². The van der Waals surface area contributed by atoms with Gasteiger partial charge in [-0.1, -0.05) is 11.6 Å². The van der Waals surface area contributed by atoms with Crippen molar-refractivity contribution in [3.05, 3.63) is 58.4 Å². The van der Waals surface area contributed by atoms with E-state index in [2.05, 4.69) is 32.0 Å². The number of hydrogen-bond donors (Lipinski definition) is 0. The summed E-state index contributed by atoms with van der Waals surface area (Å²) in [5, 5.41) is 0.521. The maximum Gasteiger partial charge on any atom is 0.137 e. The number of hydrogen-bond acceptors (Lipinski definition) is 6. The van der Waals surface area contributed by atoms with E-state index in [4.69, 9.17) is 16.6 Å². The van der Waals surface area contributed by atoms with Crippen LogP contribution in [0.25, 0.3) is 11.1 Å². The summed E-state index contributed by atoms with van der Waals surface area (Å²) in [6.07, 6.45) is 4.72. The first-order chi connectivity index (χ1) is 13.4. The minimum Gasteiger partial charge on any atom is -0.363 e. The highest BCUT2D eigenvalue weighted by Crippen LogP contribution is 2.30. The third-order valence-electron chi connectivity index (χ3n) is 5.05. The number of pyridine rings is 2. The molecule has 0 aromatic carbocycles. The van der Waals surface area contributed by atoms with E-state index in [0.29, 0.717) is 11.0 Å². The Labute approximate surface area is 170 Å². The van der Waals surface area contributed by atoms with Crippen molar-refractivity contribution < 1.29 is 0 Å². The van der Waals surface area contributed by atoms with Crippen LogP contribution in [0.1, 0.15) is 22.6 Å². The van der Waals surface area contributed by atoms with Crippen LogP contribution in [0.4, 0.5) is 11.6 Å². The summed E-state index contributed by atoms with van der Waals surface area (Å²) in [6.45, 7) is 5.47. The number of nitrogens with zero attached hydrogens (tertiary/aromatic N) is 6. The van der Waals surface area contributed by atoms with Crippen molar-refractivity contribution in [2.45, 2.75) is 26.8 Å². The fraction of sp³-hybridized carbons (Fsp3) is 0.333. The third-order valence-corrected chi connectivity index (χ3v) is 5.42. The molecule has 0 fully saturated rings. The summed E-state index contributed by atoms with van der Waals surface area (Å²) < 4.78 is 0. The van der Waals surface area contributed by atoms with E-state index in [-0.39, 0.29) is 0 Å². The van der Waals surface area contributed by atoms with Crippen LogP contribution in [0, 0.1) is 13.8 Å². The molecule has 4 rings (SSSR count). The summed E-state index contributed by atoms with van der Waals surface area (Å²) >= 11 is 6.28. The maximum atomic E-state index is 6.28. The number of aromatic nitrogens is 4. The molecule has 1 aliphatic heterocycles. The van der Waals surface area contributed by atoms with Crippen LogP contribution in [-0.2, 0) is 13.0 Å². The van der Waals surface area contributed by atoms with Crippen molar-refractivity contribution in [3.8, 4) is 11.1 Å². The number of anilines is 2. The molecular weight excluding hydrogens is 372 g/mol. The third kappa shape index (κ3) is 3.52. The molecule has 4 heterocycles. The van der Waals surface area contributed by atoms with Gasteiger partial charge in [0.15, 0.2) is 0 Å². The van der Waals surface area contributed by atoms with E-state index < -0.39 is 0 Å². The molecule has 0 radical (unpaired) electrons. The number of halogens is 1. The van der Waals surface area contributed by atoms with Crippen molar-refractivity contribution in [1.29, 1.82) is 0 Å². The van der Waals surface area contributed by atoms with Gasteiger partial charge in [-0.25, -0.2) is 15.0 Å². The largest absolute Gasteiger partial charge is 0.363 e. The van der Waals surface area contributed by atoms with E-state index in [1.54, 1.807) is 0 Å². The Morgan fingerprint density at radius 3 is 2.54 bits per heavy atom. The Bertz CT molecular complexity index is 1020. The van der Waals surface area contributed by atoms with Gasteiger partial charge in [0, 0.05) is 68.4 Å². The standard InChI is InChI=1S/C21H23ClN6/c1-13-20(22)25-14(2)26-21(13)28-8-7-18-17(12-28)9-16(11-23-18)15-5-6-19(24-10-15)27(3)4/h5-6,9-11H,7-8,12H2,1-4H3. The van der Waals surface area contributed by atoms with Gasteiger partial charge < -0.3 is 9.80 Å². The van der Waals surface area contributed by atoms with Crippen molar-refractivity contribution in [2.75, 3.05) is 30.4 Å². The first kappa shape index (κ1) is 18.6. The Morgan fingerprint density at radius 1 is 1.04 bits per heavy atom. The van der Waals surface area contributed by atoms with Crippen molar-refractivity contribution in [3.63, 3.8) is 0 Å². The zero-order chi connectivity index (χ0) is 19.8. The van der Waals surface area contributed by atoms with E-state index in [0.717, 1.165) is 53.5 Å². The van der Waals surface area contributed by atoms with Gasteiger partial charge in [-0.15, -0.1) is 0 Å². The highest BCUT2D eigenvalue weighted by Gasteiger charge is 2.22. The highest BCUT2D eigenvalue weighted by atomic mass is 35.5. The van der Waals surface area contributed by atoms with Crippen molar-refractivity contribution >= 4 is 23.2 Å². The summed E-state index contributed by atoms with van der Waals surface area (Å²) in [4.78, 5) is 22.4. The van der Waals surface area contributed by atoms with Crippen LogP contribution < -0.4 is 9.80 Å². The van der Waals surface area contributed by atoms with Gasteiger partial charge >= 0.3 is 0 Å². The van der Waals surface area contributed by atoms with Crippen LogP contribution >= 0.6 is 11.6 Å². The van der Waals surface area contributed by atoms with E-state index in [9.17, 15) is 0 Å². The Kier molecular flexibility index (Phi) is 4.89. The number of fused-ring (bicyclic) bond motifs is 1. The molecule has 3 aromatic rings. The summed E-state index contributed by atoms with van der Waals surface area (Å²) in [7, 11) is 3.97. The van der Waals surface area contributed by atoms with E-state index in [1.165, 1.54) is 5.56 Å². The lowest BCUT2D eigenvalue weighted by molar-refractivity contribution is 0.697. The van der Waals surface area contributed by atoms with Gasteiger partial charge in [0.2, 0.25) is 0 Å². The molecule has 0 atom stereocenters. The number of aryl methyl sites for hydroxylation is 1. The van der Waals surface area contributed by atoms with Crippen LogP contribution in [0.15, 0.2) is 30.6 Å². The lowest BCUT2D eigenvalue weighted by Crippen LogP contribution is -2.32. The van der Waals surface area contributed by atoms with Crippen molar-refractivity contribution in [2.24, 2.45) is 0 Å². The second-order valence-corrected chi connectivity index (χ2v) is 7.67. The summed E-state index contributed by atoms with van der Waals surface area (Å²) in [6, 6.07) is 6.33. The molecule has 0 unspecified atom stereocenters. The topological polar surface area (TPSA) is 58.0 Å². The lowest BCUT2D eigenvalue weighted by atomic mass is 10.0. The van der Waals surface area contributed by atoms with Gasteiger partial charge in [0.1, 0.15) is 22.6 Å². The highest BCUT2D eigenvalue weighted by molar-refractivity contribution is 6.30. The zero-order valence-electron chi connectivity index (χ0n) is 16.6. The fourth-order valence-corrected chi connectivity index (χ4v) is 3.68. The first-order valence-corrected chi connectivity index (χ1v) is 9.67. The molecule has 0 bridgehead atoms. The van der Waals surface area contributed by atoms with Gasteiger partial charge in [-0.3, -0.25) is 4.98 Å². The summed E-state index contributed by atoms with van der Waals surface area (Å²) in [5.41, 5.74) is 5.42. The minimum absolute atomic E-state index is 0.521. The zero-order valence-corrected chi connectivity index (χ0v) is 17.3. The van der Waals surface area contributed by atoms with Crippen molar-refractivity contribution in [1.82, 2.24) is 19.9 Å². The Balaban J connectivity index is 1.64. The van der Waals surface area contributed by atoms with E-state index in [1.807, 2.05) is 51.3 Å². The van der Waals surface area contributed by atoms with E-state index >= 15 is 0 Å². The van der Waals surface area contributed by atoms with Crippen LogP contribution in [0.3, 0.4) is 0 Å². The average Bonchev–Trinajstić information content (AvgIpc) is 2.70. The monoisotopic (exact) mass is 394 g/mol. The normalized spacial score (nSPS) is 13.4. The molecule has 0 amide bonds. The van der Waals surface area contributed by atoms with Gasteiger partial charge in [0.05, 0.1) is 0 Å². The van der Waals surface area contributed by atoms with Crippen LogP contribution in [0.5, 0.6) is 0 Å². The quantitative estimate of drug-likeness (QED) is 0.629. The number of rotatable bonds is 3. The molecule has 28 heavy (non-hydrogen) atoms. The molecule has 0 saturated heterocycles. The molecular formula is C21H23ClN6. The Hall–Kier alpha value is -2.73. The Morgan fingerprint density at radius 2 is 1.82 bits per heavy atom. The second kappa shape index (κ2) is 7.36. The van der Waals surface area contributed by atoms with Gasteiger partial charge in [-0.05, 0) is 37.6 Å². The predicted octanol–water partition coefficient (Wildman–Crippen LogP) is 3.83. The van der Waals surface area contributed by atoms with Crippen LogP contribution in [0.2, 0.25) is 5.15 Å². The van der Waals surface area contributed by atoms with Gasteiger partial charge in [-0.2, -0.15) is 0 Å². The molecule has 3 aromatic heterocycles. The fourth-order valence-electron chi connectivity index (χ4n) is 3.47. The minimum atomic E-state index is 0.521. The lowest BCUT2D eigenvalue weighted by Gasteiger charge is -2.30.